The first-order valence-electron chi connectivity index (χ1n) is 9.48. The summed E-state index contributed by atoms with van der Waals surface area (Å²) >= 11 is 0. The van der Waals surface area contributed by atoms with Crippen molar-refractivity contribution in [3.63, 3.8) is 0 Å². The summed E-state index contributed by atoms with van der Waals surface area (Å²) < 4.78 is 42.4. The first kappa shape index (κ1) is 21.3. The van der Waals surface area contributed by atoms with Gasteiger partial charge in [-0.1, -0.05) is 36.4 Å². The van der Waals surface area contributed by atoms with E-state index >= 15 is 0 Å². The number of likely N-dealkylation sites (N-methyl/N-ethyl adjacent to an activating group) is 1. The maximum Gasteiger partial charge on any atom is 0.244 e. The Balaban J connectivity index is 1.67. The van der Waals surface area contributed by atoms with Crippen LogP contribution in [0.3, 0.4) is 0 Å². The van der Waals surface area contributed by atoms with Crippen LogP contribution in [0, 0.1) is 5.82 Å². The standard InChI is InChI=1S/C21H25FN2O4S/c1-23(10-13-28-19-9-5-8-18(22)16-19)21(25)20(17-6-3-2-4-7-17)24-11-14-29(26,27)15-12-24/h2-9,16,20H,10-15H2,1H3. The third-order valence-corrected chi connectivity index (χ3v) is 6.57. The highest BCUT2D eigenvalue weighted by molar-refractivity contribution is 7.91. The Morgan fingerprint density at radius 1 is 1.14 bits per heavy atom. The molecule has 6 nitrogen and oxygen atoms in total. The van der Waals surface area contributed by atoms with Gasteiger partial charge in [0, 0.05) is 26.2 Å². The average molecular weight is 421 g/mol. The molecule has 8 heteroatoms. The van der Waals surface area contributed by atoms with E-state index in [2.05, 4.69) is 0 Å². The molecule has 1 amide bonds. The zero-order valence-corrected chi connectivity index (χ0v) is 17.1. The maximum absolute atomic E-state index is 13.2. The van der Waals surface area contributed by atoms with Crippen molar-refractivity contribution in [1.82, 2.24) is 9.80 Å². The maximum atomic E-state index is 13.2. The van der Waals surface area contributed by atoms with Crippen molar-refractivity contribution >= 4 is 15.7 Å². The number of benzene rings is 2. The van der Waals surface area contributed by atoms with Crippen molar-refractivity contribution in [1.29, 1.82) is 0 Å². The van der Waals surface area contributed by atoms with E-state index in [1.165, 1.54) is 12.1 Å². The van der Waals surface area contributed by atoms with Gasteiger partial charge in [0.15, 0.2) is 9.84 Å². The number of halogens is 1. The molecule has 1 aliphatic heterocycles. The molecule has 156 valence electrons. The van der Waals surface area contributed by atoms with Crippen LogP contribution in [-0.2, 0) is 14.6 Å². The van der Waals surface area contributed by atoms with E-state index in [1.807, 2.05) is 35.2 Å². The fourth-order valence-corrected chi connectivity index (χ4v) is 4.54. The van der Waals surface area contributed by atoms with Gasteiger partial charge >= 0.3 is 0 Å². The van der Waals surface area contributed by atoms with Crippen molar-refractivity contribution in [3.05, 3.63) is 66.0 Å². The lowest BCUT2D eigenvalue weighted by molar-refractivity contribution is -0.136. The number of ether oxygens (including phenoxy) is 1. The second-order valence-electron chi connectivity index (χ2n) is 7.07. The van der Waals surface area contributed by atoms with E-state index < -0.39 is 15.9 Å². The zero-order valence-electron chi connectivity index (χ0n) is 16.3. The average Bonchev–Trinajstić information content (AvgIpc) is 2.70. The van der Waals surface area contributed by atoms with Gasteiger partial charge in [-0.15, -0.1) is 0 Å². The van der Waals surface area contributed by atoms with Crippen molar-refractivity contribution in [2.24, 2.45) is 0 Å². The summed E-state index contributed by atoms with van der Waals surface area (Å²) in [6.07, 6.45) is 0. The van der Waals surface area contributed by atoms with Crippen LogP contribution in [0.25, 0.3) is 0 Å². The molecular weight excluding hydrogens is 395 g/mol. The molecule has 1 saturated heterocycles. The van der Waals surface area contributed by atoms with Gasteiger partial charge in [0.1, 0.15) is 24.2 Å². The number of carbonyl (C=O) groups excluding carboxylic acids is 1. The minimum Gasteiger partial charge on any atom is -0.492 e. The summed E-state index contributed by atoms with van der Waals surface area (Å²) in [5.41, 5.74) is 0.828. The summed E-state index contributed by atoms with van der Waals surface area (Å²) in [5, 5.41) is 0. The molecule has 1 aliphatic rings. The lowest BCUT2D eigenvalue weighted by Gasteiger charge is -2.35. The molecule has 0 aliphatic carbocycles. The molecule has 0 spiro atoms. The van der Waals surface area contributed by atoms with Gasteiger partial charge in [-0.05, 0) is 17.7 Å². The zero-order chi connectivity index (χ0) is 20.9. The van der Waals surface area contributed by atoms with Crippen LogP contribution in [0.1, 0.15) is 11.6 Å². The predicted molar refractivity (Wildman–Crippen MR) is 109 cm³/mol. The summed E-state index contributed by atoms with van der Waals surface area (Å²) in [7, 11) is -1.35. The number of carbonyl (C=O) groups is 1. The number of rotatable bonds is 7. The summed E-state index contributed by atoms with van der Waals surface area (Å²) in [6.45, 7) is 1.19. The molecular formula is C21H25FN2O4S. The third kappa shape index (κ3) is 5.77. The molecule has 0 aromatic heterocycles. The Bertz CT molecular complexity index is 923. The van der Waals surface area contributed by atoms with Gasteiger partial charge in [0.05, 0.1) is 18.1 Å². The molecule has 0 saturated carbocycles. The smallest absolute Gasteiger partial charge is 0.244 e. The highest BCUT2D eigenvalue weighted by Gasteiger charge is 2.33. The molecule has 2 aromatic rings. The number of amides is 1. The van der Waals surface area contributed by atoms with E-state index in [0.717, 1.165) is 5.56 Å². The largest absolute Gasteiger partial charge is 0.492 e. The minimum atomic E-state index is -3.04. The quantitative estimate of drug-likeness (QED) is 0.687. The van der Waals surface area contributed by atoms with Crippen LogP contribution < -0.4 is 4.74 Å². The molecule has 3 rings (SSSR count). The van der Waals surface area contributed by atoms with Crippen LogP contribution in [0.4, 0.5) is 4.39 Å². The highest BCUT2D eigenvalue weighted by atomic mass is 32.2. The van der Waals surface area contributed by atoms with Crippen LogP contribution in [0.2, 0.25) is 0 Å². The molecule has 0 bridgehead atoms. The van der Waals surface area contributed by atoms with Crippen LogP contribution in [0.5, 0.6) is 5.75 Å². The Kier molecular flexibility index (Phi) is 6.87. The molecule has 1 fully saturated rings. The minimum absolute atomic E-state index is 0.0516. The number of hydrogen-bond donors (Lipinski definition) is 0. The van der Waals surface area contributed by atoms with Gasteiger partial charge in [0.2, 0.25) is 5.91 Å². The highest BCUT2D eigenvalue weighted by Crippen LogP contribution is 2.25. The van der Waals surface area contributed by atoms with Gasteiger partial charge in [-0.25, -0.2) is 12.8 Å². The van der Waals surface area contributed by atoms with Crippen LogP contribution in [-0.4, -0.2) is 68.9 Å². The number of hydrogen-bond acceptors (Lipinski definition) is 5. The second kappa shape index (κ2) is 9.37. The topological polar surface area (TPSA) is 66.9 Å². The molecule has 29 heavy (non-hydrogen) atoms. The van der Waals surface area contributed by atoms with Gasteiger partial charge in [-0.3, -0.25) is 9.69 Å². The first-order valence-corrected chi connectivity index (χ1v) is 11.3. The molecule has 0 N–H and O–H groups in total. The molecule has 2 aromatic carbocycles. The summed E-state index contributed by atoms with van der Waals surface area (Å²) in [6, 6.07) is 14.7. The van der Waals surface area contributed by atoms with Crippen LogP contribution >= 0.6 is 0 Å². The molecule has 0 radical (unpaired) electrons. The number of sulfone groups is 1. The Morgan fingerprint density at radius 3 is 2.48 bits per heavy atom. The SMILES string of the molecule is CN(CCOc1cccc(F)c1)C(=O)C(c1ccccc1)N1CCS(=O)(=O)CC1. The van der Waals surface area contributed by atoms with Crippen molar-refractivity contribution < 1.29 is 22.3 Å². The lowest BCUT2D eigenvalue weighted by atomic mass is 10.0. The van der Waals surface area contributed by atoms with E-state index in [0.29, 0.717) is 25.4 Å². The normalized spacial score (nSPS) is 17.4. The second-order valence-corrected chi connectivity index (χ2v) is 9.37. The van der Waals surface area contributed by atoms with Gasteiger partial charge in [0.25, 0.3) is 0 Å². The van der Waals surface area contributed by atoms with Crippen molar-refractivity contribution in [3.8, 4) is 5.75 Å². The third-order valence-electron chi connectivity index (χ3n) is 4.96. The van der Waals surface area contributed by atoms with Gasteiger partial charge in [-0.2, -0.15) is 0 Å². The van der Waals surface area contributed by atoms with E-state index in [4.69, 9.17) is 4.74 Å². The van der Waals surface area contributed by atoms with Crippen molar-refractivity contribution in [2.45, 2.75) is 6.04 Å². The Labute approximate surface area is 170 Å². The van der Waals surface area contributed by atoms with E-state index in [9.17, 15) is 17.6 Å². The first-order chi connectivity index (χ1) is 13.9. The van der Waals surface area contributed by atoms with Crippen molar-refractivity contribution in [2.75, 3.05) is 44.8 Å². The van der Waals surface area contributed by atoms with E-state index in [-0.39, 0.29) is 29.8 Å². The summed E-state index contributed by atoms with van der Waals surface area (Å²) in [5.74, 6) is 0.00705. The fourth-order valence-electron chi connectivity index (χ4n) is 3.31. The molecule has 1 heterocycles. The Morgan fingerprint density at radius 2 is 1.83 bits per heavy atom. The lowest BCUT2D eigenvalue weighted by Crippen LogP contribution is -2.48. The summed E-state index contributed by atoms with van der Waals surface area (Å²) in [4.78, 5) is 16.7. The van der Waals surface area contributed by atoms with E-state index in [1.54, 1.807) is 24.1 Å². The predicted octanol–water partition coefficient (Wildman–Crippen LogP) is 2.13. The molecule has 1 atom stereocenters. The Hall–Kier alpha value is -2.45. The monoisotopic (exact) mass is 420 g/mol. The molecule has 1 unspecified atom stereocenters. The fraction of sp³-hybridized carbons (Fsp3) is 0.381. The van der Waals surface area contributed by atoms with Crippen LogP contribution in [0.15, 0.2) is 54.6 Å². The number of nitrogens with zero attached hydrogens (tertiary/aromatic N) is 2. The van der Waals surface area contributed by atoms with Gasteiger partial charge < -0.3 is 9.64 Å².